The fraction of sp³-hybridized carbons (Fsp3) is 0.154. The fourth-order valence-electron chi connectivity index (χ4n) is 4.91. The van der Waals surface area contributed by atoms with Gasteiger partial charge in [-0.3, -0.25) is 4.79 Å². The van der Waals surface area contributed by atoms with Crippen molar-refractivity contribution in [2.75, 3.05) is 0 Å². The molecular weight excluding hydrogens is 427 g/mol. The van der Waals surface area contributed by atoms with Crippen LogP contribution in [0.2, 0.25) is 10.0 Å². The van der Waals surface area contributed by atoms with Gasteiger partial charge in [-0.05, 0) is 59.2 Å². The van der Waals surface area contributed by atoms with Crippen molar-refractivity contribution >= 4 is 35.1 Å². The molecule has 0 aliphatic carbocycles. The van der Waals surface area contributed by atoms with Crippen LogP contribution in [0.1, 0.15) is 39.0 Å². The molecule has 2 heterocycles. The maximum absolute atomic E-state index is 13.9. The lowest BCUT2D eigenvalue weighted by molar-refractivity contribution is 0.0884. The third-order valence-corrected chi connectivity index (χ3v) is 6.77. The van der Waals surface area contributed by atoms with Crippen molar-refractivity contribution in [2.24, 2.45) is 5.92 Å². The van der Waals surface area contributed by atoms with Gasteiger partial charge in [-0.2, -0.15) is 5.26 Å². The van der Waals surface area contributed by atoms with Gasteiger partial charge in [0.1, 0.15) is 6.04 Å². The third kappa shape index (κ3) is 3.33. The summed E-state index contributed by atoms with van der Waals surface area (Å²) in [5.74, 6) is -0.723. The number of carbonyl (C=O) groups excluding carboxylic acids is 1. The van der Waals surface area contributed by atoms with E-state index in [1.54, 1.807) is 24.3 Å². The first-order chi connectivity index (χ1) is 15.1. The maximum atomic E-state index is 13.9. The molecule has 2 aliphatic heterocycles. The van der Waals surface area contributed by atoms with Crippen molar-refractivity contribution in [3.05, 3.63) is 111 Å². The average Bonchev–Trinajstić information content (AvgIpc) is 3.14. The summed E-state index contributed by atoms with van der Waals surface area (Å²) in [4.78, 5) is 15.9. The number of nitriles is 1. The highest BCUT2D eigenvalue weighted by atomic mass is 35.5. The molecule has 0 bridgehead atoms. The first-order valence-electron chi connectivity index (χ1n) is 10.1. The number of halogens is 2. The van der Waals surface area contributed by atoms with Crippen LogP contribution < -0.4 is 0 Å². The van der Waals surface area contributed by atoms with Gasteiger partial charge >= 0.3 is 0 Å². The molecule has 5 heteroatoms. The highest BCUT2D eigenvalue weighted by molar-refractivity contribution is 6.30. The molecule has 4 unspecified atom stereocenters. The van der Waals surface area contributed by atoms with Gasteiger partial charge in [0.05, 0.1) is 18.0 Å². The largest absolute Gasteiger partial charge is 0.353 e. The van der Waals surface area contributed by atoms with Crippen LogP contribution in [0.15, 0.2) is 79.0 Å². The van der Waals surface area contributed by atoms with Crippen molar-refractivity contribution in [2.45, 2.75) is 18.0 Å². The predicted octanol–water partition coefficient (Wildman–Crippen LogP) is 6.51. The molecule has 2 aliphatic rings. The minimum absolute atomic E-state index is 0.00877. The maximum Gasteiger partial charge on any atom is 0.169 e. The van der Waals surface area contributed by atoms with Crippen molar-refractivity contribution in [3.63, 3.8) is 0 Å². The number of benzene rings is 3. The molecule has 3 aromatic rings. The summed E-state index contributed by atoms with van der Waals surface area (Å²) < 4.78 is 0. The number of rotatable bonds is 3. The Balaban J connectivity index is 1.69. The molecule has 0 radical (unpaired) electrons. The Bertz CT molecular complexity index is 1210. The molecule has 1 saturated heterocycles. The number of hydrogen-bond acceptors (Lipinski definition) is 3. The molecule has 5 rings (SSSR count). The fourth-order valence-corrected chi connectivity index (χ4v) is 5.16. The van der Waals surface area contributed by atoms with Gasteiger partial charge in [-0.15, -0.1) is 0 Å². The van der Waals surface area contributed by atoms with Crippen molar-refractivity contribution < 1.29 is 4.79 Å². The molecule has 4 atom stereocenters. The molecule has 0 aromatic heterocycles. The predicted molar refractivity (Wildman–Crippen MR) is 123 cm³/mol. The summed E-state index contributed by atoms with van der Waals surface area (Å²) in [7, 11) is 0. The van der Waals surface area contributed by atoms with Crippen LogP contribution in [0.5, 0.6) is 0 Å². The van der Waals surface area contributed by atoms with Crippen LogP contribution in [0.4, 0.5) is 0 Å². The third-order valence-electron chi connectivity index (χ3n) is 6.27. The second kappa shape index (κ2) is 7.89. The number of carbonyl (C=O) groups is 1. The van der Waals surface area contributed by atoms with Crippen LogP contribution in [0.3, 0.4) is 0 Å². The Hall–Kier alpha value is -3.06. The lowest BCUT2D eigenvalue weighted by Crippen LogP contribution is -2.30. The Morgan fingerprint density at radius 3 is 2.23 bits per heavy atom. The van der Waals surface area contributed by atoms with E-state index in [9.17, 15) is 10.1 Å². The van der Waals surface area contributed by atoms with Crippen LogP contribution in [0.25, 0.3) is 6.08 Å². The summed E-state index contributed by atoms with van der Waals surface area (Å²) in [5.41, 5.74) is 3.67. The van der Waals surface area contributed by atoms with E-state index in [4.69, 9.17) is 23.2 Å². The Kier molecular flexibility index (Phi) is 5.06. The quantitative estimate of drug-likeness (QED) is 0.432. The van der Waals surface area contributed by atoms with E-state index < -0.39 is 12.0 Å². The zero-order valence-corrected chi connectivity index (χ0v) is 18.0. The molecule has 3 nitrogen and oxygen atoms in total. The van der Waals surface area contributed by atoms with E-state index in [1.807, 2.05) is 59.6 Å². The SMILES string of the molecule is N#CC1C(c2ccc(Cl)cc2)C(C(=O)c2ccc(Cl)cc2)C2c3ccccc3C=CN12. The molecule has 152 valence electrons. The number of hydrogen-bond donors (Lipinski definition) is 0. The van der Waals surface area contributed by atoms with Crippen LogP contribution in [-0.4, -0.2) is 16.7 Å². The summed E-state index contributed by atoms with van der Waals surface area (Å²) in [6.07, 6.45) is 3.98. The van der Waals surface area contributed by atoms with E-state index >= 15 is 0 Å². The minimum Gasteiger partial charge on any atom is -0.353 e. The number of ketones is 1. The van der Waals surface area contributed by atoms with E-state index in [0.717, 1.165) is 16.7 Å². The Morgan fingerprint density at radius 2 is 1.55 bits per heavy atom. The molecular formula is C26H18Cl2N2O. The van der Waals surface area contributed by atoms with Crippen LogP contribution in [-0.2, 0) is 0 Å². The molecule has 1 fully saturated rings. The van der Waals surface area contributed by atoms with Gasteiger partial charge in [0.25, 0.3) is 0 Å². The molecule has 3 aromatic carbocycles. The van der Waals surface area contributed by atoms with Gasteiger partial charge in [-0.1, -0.05) is 59.6 Å². The van der Waals surface area contributed by atoms with E-state index in [1.165, 1.54) is 0 Å². The molecule has 0 amide bonds. The highest BCUT2D eigenvalue weighted by Gasteiger charge is 2.53. The standard InChI is InChI=1S/C26H18Cl2N2O/c27-19-9-5-17(6-10-19)23-22(15-29)30-14-13-16-3-1-2-4-21(16)25(30)24(23)26(31)18-7-11-20(28)12-8-18/h1-14,22-25H. The summed E-state index contributed by atoms with van der Waals surface area (Å²) in [6, 6.07) is 24.3. The second-order valence-corrected chi connectivity index (χ2v) is 8.76. The lowest BCUT2D eigenvalue weighted by atomic mass is 9.75. The average molecular weight is 445 g/mol. The first-order valence-corrected chi connectivity index (χ1v) is 10.8. The normalized spacial score (nSPS) is 23.7. The smallest absolute Gasteiger partial charge is 0.169 e. The number of nitrogens with zero attached hydrogens (tertiary/aromatic N) is 2. The zero-order chi connectivity index (χ0) is 21.5. The summed E-state index contributed by atoms with van der Waals surface area (Å²) in [6.45, 7) is 0. The molecule has 31 heavy (non-hydrogen) atoms. The lowest BCUT2D eigenvalue weighted by Gasteiger charge is -2.32. The van der Waals surface area contributed by atoms with E-state index in [2.05, 4.69) is 12.1 Å². The first kappa shape index (κ1) is 19.9. The van der Waals surface area contributed by atoms with E-state index in [0.29, 0.717) is 15.6 Å². The van der Waals surface area contributed by atoms with Crippen molar-refractivity contribution in [1.82, 2.24) is 4.90 Å². The van der Waals surface area contributed by atoms with Crippen LogP contribution in [0, 0.1) is 17.2 Å². The van der Waals surface area contributed by atoms with E-state index in [-0.39, 0.29) is 17.7 Å². The molecule has 0 N–H and O–H groups in total. The molecule has 0 saturated carbocycles. The van der Waals surface area contributed by atoms with Crippen LogP contribution >= 0.6 is 23.2 Å². The van der Waals surface area contributed by atoms with Gasteiger partial charge in [0.2, 0.25) is 0 Å². The Labute approximate surface area is 191 Å². The second-order valence-electron chi connectivity index (χ2n) is 7.88. The van der Waals surface area contributed by atoms with Gasteiger partial charge in [0, 0.05) is 27.7 Å². The summed E-state index contributed by atoms with van der Waals surface area (Å²) >= 11 is 12.2. The zero-order valence-electron chi connectivity index (χ0n) is 16.5. The van der Waals surface area contributed by atoms with Gasteiger partial charge in [0.15, 0.2) is 5.78 Å². The highest BCUT2D eigenvalue weighted by Crippen LogP contribution is 2.53. The van der Waals surface area contributed by atoms with Crippen molar-refractivity contribution in [3.8, 4) is 6.07 Å². The Morgan fingerprint density at radius 1 is 0.903 bits per heavy atom. The molecule has 0 spiro atoms. The monoisotopic (exact) mass is 444 g/mol. The number of fused-ring (bicyclic) bond motifs is 3. The van der Waals surface area contributed by atoms with Gasteiger partial charge in [-0.25, -0.2) is 0 Å². The number of Topliss-reactive ketones (excluding diaryl/α,β-unsaturated/α-hetero) is 1. The van der Waals surface area contributed by atoms with Crippen molar-refractivity contribution in [1.29, 1.82) is 5.26 Å². The summed E-state index contributed by atoms with van der Waals surface area (Å²) in [5, 5.41) is 11.4. The van der Waals surface area contributed by atoms with Gasteiger partial charge < -0.3 is 4.90 Å². The topological polar surface area (TPSA) is 44.1 Å². The minimum atomic E-state index is -0.475.